The Morgan fingerprint density at radius 3 is 2.56 bits per heavy atom. The highest BCUT2D eigenvalue weighted by molar-refractivity contribution is 7.98. The normalized spacial score (nSPS) is 11.6. The quantitative estimate of drug-likeness (QED) is 0.495. The lowest BCUT2D eigenvalue weighted by Crippen LogP contribution is -2.01. The fourth-order valence-electron chi connectivity index (χ4n) is 1.38. The minimum absolute atomic E-state index is 0.207. The topological polar surface area (TPSA) is 61.1 Å². The second-order valence-electron chi connectivity index (χ2n) is 3.12. The Kier molecular flexibility index (Phi) is 4.15. The van der Waals surface area contributed by atoms with Gasteiger partial charge in [-0.05, 0) is 30.4 Å². The van der Waals surface area contributed by atoms with Gasteiger partial charge in [-0.25, -0.2) is 4.79 Å². The van der Waals surface area contributed by atoms with Gasteiger partial charge in [0, 0.05) is 4.90 Å². The smallest absolute Gasteiger partial charge is 0.346 e. The Hall–Kier alpha value is -1.73. The molecule has 0 aliphatic carbocycles. The van der Waals surface area contributed by atoms with E-state index in [1.54, 1.807) is 13.0 Å². The van der Waals surface area contributed by atoms with Crippen LogP contribution >= 0.6 is 11.8 Å². The van der Waals surface area contributed by atoms with Crippen molar-refractivity contribution < 1.29 is 9.90 Å². The minimum atomic E-state index is -1.18. The van der Waals surface area contributed by atoms with Crippen molar-refractivity contribution in [2.75, 3.05) is 6.26 Å². The van der Waals surface area contributed by atoms with Crippen molar-refractivity contribution >= 4 is 23.3 Å². The summed E-state index contributed by atoms with van der Waals surface area (Å²) in [4.78, 5) is 11.8. The van der Waals surface area contributed by atoms with E-state index in [4.69, 9.17) is 10.4 Å². The summed E-state index contributed by atoms with van der Waals surface area (Å²) in [5.74, 6) is -1.18. The van der Waals surface area contributed by atoms with E-state index in [0.29, 0.717) is 5.57 Å². The molecule has 1 aromatic rings. The van der Waals surface area contributed by atoms with Gasteiger partial charge in [0.25, 0.3) is 0 Å². The molecule has 1 rings (SSSR count). The summed E-state index contributed by atoms with van der Waals surface area (Å²) < 4.78 is 0. The second kappa shape index (κ2) is 5.38. The molecule has 16 heavy (non-hydrogen) atoms. The number of carbonyl (C=O) groups is 1. The Morgan fingerprint density at radius 2 is 2.06 bits per heavy atom. The number of hydrogen-bond acceptors (Lipinski definition) is 3. The third-order valence-electron chi connectivity index (χ3n) is 2.21. The third-order valence-corrected chi connectivity index (χ3v) is 3.01. The molecule has 0 radical (unpaired) electrons. The Labute approximate surface area is 98.4 Å². The summed E-state index contributed by atoms with van der Waals surface area (Å²) in [5, 5.41) is 17.7. The molecule has 0 saturated carbocycles. The molecule has 0 fully saturated rings. The van der Waals surface area contributed by atoms with Gasteiger partial charge in [0.2, 0.25) is 0 Å². The number of carboxylic acid groups (broad SMARTS) is 1. The van der Waals surface area contributed by atoms with Gasteiger partial charge < -0.3 is 5.11 Å². The average molecular weight is 233 g/mol. The zero-order valence-electron chi connectivity index (χ0n) is 9.02. The van der Waals surface area contributed by atoms with Crippen molar-refractivity contribution in [3.8, 4) is 6.07 Å². The van der Waals surface area contributed by atoms with Crippen LogP contribution in [0.2, 0.25) is 0 Å². The van der Waals surface area contributed by atoms with E-state index in [1.807, 2.05) is 30.5 Å². The van der Waals surface area contributed by atoms with Crippen molar-refractivity contribution in [1.29, 1.82) is 5.26 Å². The van der Waals surface area contributed by atoms with Crippen molar-refractivity contribution in [2.45, 2.75) is 11.8 Å². The van der Waals surface area contributed by atoms with Crippen LogP contribution in [0.15, 0.2) is 34.7 Å². The average Bonchev–Trinajstić information content (AvgIpc) is 2.29. The predicted octanol–water partition coefficient (Wildman–Crippen LogP) is 2.79. The standard InChI is InChI=1S/C12H11NO2S/c1-8(10(7-13)12(14)15)9-5-3-4-6-11(9)16-2/h3-6H,1-2H3,(H,14,15). The molecule has 1 aromatic carbocycles. The molecular weight excluding hydrogens is 222 g/mol. The molecule has 0 bridgehead atoms. The lowest BCUT2D eigenvalue weighted by atomic mass is 10.0. The summed E-state index contributed by atoms with van der Waals surface area (Å²) in [6, 6.07) is 9.16. The van der Waals surface area contributed by atoms with E-state index < -0.39 is 5.97 Å². The van der Waals surface area contributed by atoms with Crippen LogP contribution in [0, 0.1) is 11.3 Å². The zero-order valence-corrected chi connectivity index (χ0v) is 9.84. The number of nitriles is 1. The maximum atomic E-state index is 10.9. The first-order valence-corrected chi connectivity index (χ1v) is 5.82. The van der Waals surface area contributed by atoms with Crippen LogP contribution < -0.4 is 0 Å². The molecule has 0 aromatic heterocycles. The van der Waals surface area contributed by atoms with Gasteiger partial charge >= 0.3 is 5.97 Å². The SMILES string of the molecule is CSc1ccccc1C(C)=C(C#N)C(=O)O. The van der Waals surface area contributed by atoms with Crippen molar-refractivity contribution in [3.05, 3.63) is 35.4 Å². The van der Waals surface area contributed by atoms with Gasteiger partial charge in [0.15, 0.2) is 0 Å². The van der Waals surface area contributed by atoms with Gasteiger partial charge in [-0.2, -0.15) is 5.26 Å². The Balaban J connectivity index is 3.39. The first-order valence-electron chi connectivity index (χ1n) is 4.59. The molecule has 0 unspecified atom stereocenters. The van der Waals surface area contributed by atoms with Gasteiger partial charge in [0.1, 0.15) is 11.6 Å². The van der Waals surface area contributed by atoms with Gasteiger partial charge in [-0.1, -0.05) is 18.2 Å². The number of hydrogen-bond donors (Lipinski definition) is 1. The highest BCUT2D eigenvalue weighted by atomic mass is 32.2. The molecule has 3 nitrogen and oxygen atoms in total. The maximum Gasteiger partial charge on any atom is 0.346 e. The number of nitrogens with zero attached hydrogens (tertiary/aromatic N) is 1. The molecule has 0 spiro atoms. The molecular formula is C12H11NO2S. The van der Waals surface area contributed by atoms with Crippen molar-refractivity contribution in [1.82, 2.24) is 0 Å². The zero-order chi connectivity index (χ0) is 12.1. The van der Waals surface area contributed by atoms with E-state index in [0.717, 1.165) is 10.5 Å². The summed E-state index contributed by atoms with van der Waals surface area (Å²) in [7, 11) is 0. The second-order valence-corrected chi connectivity index (χ2v) is 3.97. The van der Waals surface area contributed by atoms with Gasteiger partial charge in [-0.3, -0.25) is 0 Å². The third kappa shape index (κ3) is 2.44. The number of benzene rings is 1. The Morgan fingerprint density at radius 1 is 1.44 bits per heavy atom. The summed E-state index contributed by atoms with van der Waals surface area (Å²) in [6.45, 7) is 1.65. The molecule has 0 aliphatic heterocycles. The molecule has 4 heteroatoms. The highest BCUT2D eigenvalue weighted by Gasteiger charge is 2.13. The summed E-state index contributed by atoms with van der Waals surface area (Å²) >= 11 is 1.53. The molecule has 82 valence electrons. The largest absolute Gasteiger partial charge is 0.477 e. The molecule has 0 atom stereocenters. The first kappa shape index (κ1) is 12.3. The van der Waals surface area contributed by atoms with Crippen LogP contribution in [0.1, 0.15) is 12.5 Å². The minimum Gasteiger partial charge on any atom is -0.477 e. The number of carboxylic acids is 1. The predicted molar refractivity (Wildman–Crippen MR) is 64.1 cm³/mol. The maximum absolute atomic E-state index is 10.9. The Bertz CT molecular complexity index is 486. The number of rotatable bonds is 3. The van der Waals surface area contributed by atoms with Gasteiger partial charge in [-0.15, -0.1) is 11.8 Å². The number of thioether (sulfide) groups is 1. The van der Waals surface area contributed by atoms with Crippen molar-refractivity contribution in [3.63, 3.8) is 0 Å². The summed E-state index contributed by atoms with van der Waals surface area (Å²) in [5.41, 5.74) is 1.09. The molecule has 1 N–H and O–H groups in total. The fourth-order valence-corrected chi connectivity index (χ4v) is 2.04. The van der Waals surface area contributed by atoms with Crippen LogP contribution in [0.3, 0.4) is 0 Å². The monoisotopic (exact) mass is 233 g/mol. The van der Waals surface area contributed by atoms with E-state index in [-0.39, 0.29) is 5.57 Å². The highest BCUT2D eigenvalue weighted by Crippen LogP contribution is 2.28. The van der Waals surface area contributed by atoms with E-state index in [2.05, 4.69) is 0 Å². The molecule has 0 amide bonds. The molecule has 0 aliphatic rings. The van der Waals surface area contributed by atoms with Crippen LogP contribution in [0.5, 0.6) is 0 Å². The van der Waals surface area contributed by atoms with Gasteiger partial charge in [0.05, 0.1) is 0 Å². The van der Waals surface area contributed by atoms with E-state index >= 15 is 0 Å². The first-order chi connectivity index (χ1) is 7.61. The molecule has 0 heterocycles. The summed E-state index contributed by atoms with van der Waals surface area (Å²) in [6.07, 6.45) is 1.92. The van der Waals surface area contributed by atoms with Crippen LogP contribution in [-0.2, 0) is 4.79 Å². The van der Waals surface area contributed by atoms with E-state index in [9.17, 15) is 4.79 Å². The molecule has 0 saturated heterocycles. The fraction of sp³-hybridized carbons (Fsp3) is 0.167. The number of allylic oxidation sites excluding steroid dienone is 1. The van der Waals surface area contributed by atoms with Crippen molar-refractivity contribution in [2.24, 2.45) is 0 Å². The van der Waals surface area contributed by atoms with Crippen LogP contribution in [0.4, 0.5) is 0 Å². The van der Waals surface area contributed by atoms with Crippen LogP contribution in [0.25, 0.3) is 5.57 Å². The van der Waals surface area contributed by atoms with E-state index in [1.165, 1.54) is 11.8 Å². The lowest BCUT2D eigenvalue weighted by Gasteiger charge is -2.07. The number of aliphatic carboxylic acids is 1. The lowest BCUT2D eigenvalue weighted by molar-refractivity contribution is -0.132. The van der Waals surface area contributed by atoms with Crippen LogP contribution in [-0.4, -0.2) is 17.3 Å².